The summed E-state index contributed by atoms with van der Waals surface area (Å²) in [5.74, 6) is 1.20. The van der Waals surface area contributed by atoms with Gasteiger partial charge in [-0.1, -0.05) is 48.0 Å². The normalized spacial score (nSPS) is 15.6. The Bertz CT molecular complexity index is 1090. The molecule has 7 heteroatoms. The summed E-state index contributed by atoms with van der Waals surface area (Å²) in [5, 5.41) is 3.53. The van der Waals surface area contributed by atoms with Crippen LogP contribution in [-0.4, -0.2) is 29.6 Å². The lowest BCUT2D eigenvalue weighted by Gasteiger charge is -2.24. The minimum atomic E-state index is -0.138. The average Bonchev–Trinajstić information content (AvgIpc) is 3.19. The van der Waals surface area contributed by atoms with Crippen LogP contribution in [0.25, 0.3) is 0 Å². The zero-order valence-electron chi connectivity index (χ0n) is 17.6. The van der Waals surface area contributed by atoms with E-state index in [1.54, 1.807) is 18.9 Å². The molecule has 1 aliphatic heterocycles. The highest BCUT2D eigenvalue weighted by atomic mass is 35.5. The Balaban J connectivity index is 1.39. The van der Waals surface area contributed by atoms with Crippen LogP contribution < -0.4 is 10.1 Å². The number of thioether (sulfide) groups is 1. The van der Waals surface area contributed by atoms with Gasteiger partial charge < -0.3 is 15.0 Å². The molecule has 3 aromatic rings. The number of amides is 2. The number of hydrogen-bond acceptors (Lipinski definition) is 4. The van der Waals surface area contributed by atoms with Crippen molar-refractivity contribution in [2.24, 2.45) is 0 Å². The molecule has 1 atom stereocenters. The molecule has 164 valence electrons. The zero-order chi connectivity index (χ0) is 22.5. The number of nitrogens with zero attached hydrogens (tertiary/aromatic N) is 1. The van der Waals surface area contributed by atoms with Crippen molar-refractivity contribution in [3.8, 4) is 5.75 Å². The van der Waals surface area contributed by atoms with E-state index in [1.807, 2.05) is 77.7 Å². The maximum atomic E-state index is 12.5. The molecule has 0 spiro atoms. The van der Waals surface area contributed by atoms with Gasteiger partial charge in [0.1, 0.15) is 11.1 Å². The van der Waals surface area contributed by atoms with Gasteiger partial charge >= 0.3 is 0 Å². The van der Waals surface area contributed by atoms with Gasteiger partial charge in [0.05, 0.1) is 12.9 Å². The molecule has 0 aromatic heterocycles. The van der Waals surface area contributed by atoms with Crippen molar-refractivity contribution in [3.05, 3.63) is 100 Å². The van der Waals surface area contributed by atoms with E-state index in [9.17, 15) is 9.59 Å². The lowest BCUT2D eigenvalue weighted by Crippen LogP contribution is -2.27. The molecule has 32 heavy (non-hydrogen) atoms. The summed E-state index contributed by atoms with van der Waals surface area (Å²) in [6.45, 7) is 0.962. The first kappa shape index (κ1) is 22.2. The maximum Gasteiger partial charge on any atom is 0.251 e. The molecular weight excluding hydrogens is 444 g/mol. The van der Waals surface area contributed by atoms with E-state index in [-0.39, 0.29) is 17.2 Å². The first-order valence-corrected chi connectivity index (χ1v) is 11.6. The van der Waals surface area contributed by atoms with E-state index in [0.717, 1.165) is 22.4 Å². The minimum Gasteiger partial charge on any atom is -0.497 e. The molecule has 0 saturated carbocycles. The van der Waals surface area contributed by atoms with Gasteiger partial charge in [-0.25, -0.2) is 0 Å². The highest BCUT2D eigenvalue weighted by Crippen LogP contribution is 2.39. The topological polar surface area (TPSA) is 58.6 Å². The number of halogens is 1. The van der Waals surface area contributed by atoms with E-state index >= 15 is 0 Å². The molecule has 1 fully saturated rings. The van der Waals surface area contributed by atoms with Crippen molar-refractivity contribution >= 4 is 35.2 Å². The molecule has 1 aliphatic rings. The van der Waals surface area contributed by atoms with Crippen LogP contribution in [0.15, 0.2) is 72.8 Å². The number of methoxy groups -OCH3 is 1. The summed E-state index contributed by atoms with van der Waals surface area (Å²) in [7, 11) is 1.62. The second-order valence-corrected chi connectivity index (χ2v) is 8.97. The Morgan fingerprint density at radius 3 is 2.34 bits per heavy atom. The molecule has 2 amide bonds. The minimum absolute atomic E-state index is 0.0745. The Kier molecular flexibility index (Phi) is 7.02. The molecule has 0 radical (unpaired) electrons. The van der Waals surface area contributed by atoms with Crippen molar-refractivity contribution in [3.63, 3.8) is 0 Å². The van der Waals surface area contributed by atoms with Crippen LogP contribution in [0.2, 0.25) is 5.02 Å². The Morgan fingerprint density at radius 1 is 1.03 bits per heavy atom. The van der Waals surface area contributed by atoms with E-state index in [0.29, 0.717) is 29.4 Å². The van der Waals surface area contributed by atoms with Gasteiger partial charge in [-0.15, -0.1) is 11.8 Å². The van der Waals surface area contributed by atoms with Crippen LogP contribution in [0.4, 0.5) is 0 Å². The smallest absolute Gasteiger partial charge is 0.251 e. The van der Waals surface area contributed by atoms with Gasteiger partial charge in [-0.05, 0) is 53.1 Å². The van der Waals surface area contributed by atoms with Gasteiger partial charge in [0.15, 0.2) is 0 Å². The number of rotatable bonds is 7. The molecule has 0 bridgehead atoms. The van der Waals surface area contributed by atoms with Crippen molar-refractivity contribution in [1.29, 1.82) is 0 Å². The number of carbonyl (C=O) groups is 2. The van der Waals surface area contributed by atoms with Crippen LogP contribution >= 0.6 is 23.4 Å². The standard InChI is InChI=1S/C25H23ClN2O3S/c1-31-22-12-4-17(5-13-22)14-27-24(30)19-6-8-20(9-7-19)25-28(23(29)16-32-25)15-18-2-10-21(26)11-3-18/h2-13,25H,14-16H2,1H3,(H,27,30)/t25-/m0/s1. The predicted octanol–water partition coefficient (Wildman–Crippen LogP) is 5.05. The number of carbonyl (C=O) groups excluding carboxylic acids is 2. The van der Waals surface area contributed by atoms with E-state index in [2.05, 4.69) is 5.32 Å². The molecule has 3 aromatic carbocycles. The molecule has 4 rings (SSSR count). The van der Waals surface area contributed by atoms with E-state index in [4.69, 9.17) is 16.3 Å². The van der Waals surface area contributed by atoms with Crippen LogP contribution in [0, 0.1) is 0 Å². The Morgan fingerprint density at radius 2 is 1.69 bits per heavy atom. The van der Waals surface area contributed by atoms with Crippen LogP contribution in [0.3, 0.4) is 0 Å². The molecule has 0 unspecified atom stereocenters. The Hall–Kier alpha value is -2.96. The fourth-order valence-corrected chi connectivity index (χ4v) is 4.83. The summed E-state index contributed by atoms with van der Waals surface area (Å²) in [4.78, 5) is 26.9. The van der Waals surface area contributed by atoms with Gasteiger partial charge in [-0.3, -0.25) is 9.59 Å². The third-order valence-corrected chi connectivity index (χ3v) is 6.81. The Labute approximate surface area is 196 Å². The molecule has 1 heterocycles. The van der Waals surface area contributed by atoms with Crippen molar-refractivity contribution in [1.82, 2.24) is 10.2 Å². The van der Waals surface area contributed by atoms with Crippen molar-refractivity contribution in [2.45, 2.75) is 18.5 Å². The van der Waals surface area contributed by atoms with Gasteiger partial charge in [0.2, 0.25) is 5.91 Å². The number of nitrogens with one attached hydrogen (secondary N) is 1. The van der Waals surface area contributed by atoms with Crippen molar-refractivity contribution < 1.29 is 14.3 Å². The third-order valence-electron chi connectivity index (χ3n) is 5.30. The number of ether oxygens (including phenoxy) is 1. The second kappa shape index (κ2) is 10.1. The van der Waals surface area contributed by atoms with E-state index in [1.165, 1.54) is 0 Å². The first-order valence-electron chi connectivity index (χ1n) is 10.2. The van der Waals surface area contributed by atoms with Gasteiger partial charge in [0.25, 0.3) is 5.91 Å². The fourth-order valence-electron chi connectivity index (χ4n) is 3.51. The highest BCUT2D eigenvalue weighted by Gasteiger charge is 2.32. The first-order chi connectivity index (χ1) is 15.5. The average molecular weight is 467 g/mol. The zero-order valence-corrected chi connectivity index (χ0v) is 19.2. The molecule has 1 saturated heterocycles. The monoisotopic (exact) mass is 466 g/mol. The summed E-state index contributed by atoms with van der Waals surface area (Å²) >= 11 is 7.57. The maximum absolute atomic E-state index is 12.5. The fraction of sp³-hybridized carbons (Fsp3) is 0.200. The molecule has 1 N–H and O–H groups in total. The highest BCUT2D eigenvalue weighted by molar-refractivity contribution is 8.00. The number of hydrogen-bond donors (Lipinski definition) is 1. The van der Waals surface area contributed by atoms with E-state index < -0.39 is 0 Å². The molecule has 5 nitrogen and oxygen atoms in total. The summed E-state index contributed by atoms with van der Waals surface area (Å²) in [5.41, 5.74) is 3.61. The predicted molar refractivity (Wildman–Crippen MR) is 128 cm³/mol. The third kappa shape index (κ3) is 5.26. The van der Waals surface area contributed by atoms with Crippen molar-refractivity contribution in [2.75, 3.05) is 12.9 Å². The lowest BCUT2D eigenvalue weighted by atomic mass is 10.1. The summed E-state index contributed by atoms with van der Waals surface area (Å²) in [6.07, 6.45) is 0. The van der Waals surface area contributed by atoms with Crippen LogP contribution in [0.5, 0.6) is 5.75 Å². The molecule has 0 aliphatic carbocycles. The van der Waals surface area contributed by atoms with Crippen LogP contribution in [0.1, 0.15) is 32.4 Å². The molecular formula is C25H23ClN2O3S. The summed E-state index contributed by atoms with van der Waals surface area (Å²) < 4.78 is 5.15. The largest absolute Gasteiger partial charge is 0.497 e. The van der Waals surface area contributed by atoms with Gasteiger partial charge in [0, 0.05) is 23.7 Å². The lowest BCUT2D eigenvalue weighted by molar-refractivity contribution is -0.128. The summed E-state index contributed by atoms with van der Waals surface area (Å²) in [6, 6.07) is 22.6. The van der Waals surface area contributed by atoms with Crippen LogP contribution in [-0.2, 0) is 17.9 Å². The van der Waals surface area contributed by atoms with Gasteiger partial charge in [-0.2, -0.15) is 0 Å². The number of benzene rings is 3. The SMILES string of the molecule is COc1ccc(CNC(=O)c2ccc([C@@H]3SCC(=O)N3Cc3ccc(Cl)cc3)cc2)cc1. The second-order valence-electron chi connectivity index (χ2n) is 7.46. The quantitative estimate of drug-likeness (QED) is 0.529.